The fraction of sp³-hybridized carbons (Fsp3) is 0.667. The molecule has 0 aromatic carbocycles. The summed E-state index contributed by atoms with van der Waals surface area (Å²) in [5, 5.41) is 9.08. The van der Waals surface area contributed by atoms with Gasteiger partial charge >= 0.3 is 6.01 Å². The maximum absolute atomic E-state index is 9.08. The molecule has 0 amide bonds. The molecule has 0 unspecified atom stereocenters. The largest absolute Gasteiger partial charge is 0.480 e. The fourth-order valence-electron chi connectivity index (χ4n) is 2.12. The monoisotopic (exact) mass is 316 g/mol. The highest BCUT2D eigenvalue weighted by Gasteiger charge is 2.22. The molecule has 18 heavy (non-hydrogen) atoms. The van der Waals surface area contributed by atoms with Crippen LogP contribution < -0.4 is 9.47 Å². The first-order valence-electron chi connectivity index (χ1n) is 6.07. The second-order valence-electron chi connectivity index (χ2n) is 4.45. The second-order valence-corrected chi connectivity index (χ2v) is 5.31. The molecule has 0 aliphatic heterocycles. The summed E-state index contributed by atoms with van der Waals surface area (Å²) in [6, 6.07) is 0.350. The highest BCUT2D eigenvalue weighted by molar-refractivity contribution is 9.10. The minimum absolute atomic E-state index is 0.138. The molecule has 0 saturated heterocycles. The van der Waals surface area contributed by atoms with E-state index < -0.39 is 0 Å². The number of nitrogens with zero attached hydrogens (tertiary/aromatic N) is 2. The van der Waals surface area contributed by atoms with Gasteiger partial charge in [-0.15, -0.1) is 0 Å². The number of ether oxygens (including phenoxy) is 2. The van der Waals surface area contributed by atoms with E-state index in [-0.39, 0.29) is 12.7 Å². The van der Waals surface area contributed by atoms with Crippen LogP contribution in [0.3, 0.4) is 0 Å². The molecule has 1 N–H and O–H groups in total. The van der Waals surface area contributed by atoms with E-state index in [0.717, 1.165) is 25.7 Å². The molecule has 1 aromatic heterocycles. The minimum atomic E-state index is 0.138. The Balaban J connectivity index is 1.94. The van der Waals surface area contributed by atoms with Crippen LogP contribution in [0.25, 0.3) is 0 Å². The average molecular weight is 317 g/mol. The third kappa shape index (κ3) is 3.32. The van der Waals surface area contributed by atoms with E-state index in [1.807, 2.05) is 0 Å². The van der Waals surface area contributed by atoms with Gasteiger partial charge in [0.25, 0.3) is 0 Å². The van der Waals surface area contributed by atoms with Gasteiger partial charge in [-0.3, -0.25) is 0 Å². The maximum Gasteiger partial charge on any atom is 0.320 e. The van der Waals surface area contributed by atoms with Crippen LogP contribution in [0.15, 0.2) is 10.7 Å². The lowest BCUT2D eigenvalue weighted by molar-refractivity contribution is 0.0959. The van der Waals surface area contributed by atoms with Crippen LogP contribution in [0.4, 0.5) is 0 Å². The summed E-state index contributed by atoms with van der Waals surface area (Å²) in [6.07, 6.45) is 5.63. The maximum atomic E-state index is 9.08. The first-order valence-corrected chi connectivity index (χ1v) is 6.86. The van der Waals surface area contributed by atoms with E-state index in [9.17, 15) is 0 Å². The molecule has 1 aliphatic rings. The van der Waals surface area contributed by atoms with Crippen molar-refractivity contribution in [3.8, 4) is 11.9 Å². The molecule has 100 valence electrons. The van der Waals surface area contributed by atoms with E-state index in [4.69, 9.17) is 14.6 Å². The Morgan fingerprint density at radius 3 is 2.72 bits per heavy atom. The van der Waals surface area contributed by atoms with E-state index in [0.29, 0.717) is 22.3 Å². The smallest absolute Gasteiger partial charge is 0.320 e. The highest BCUT2D eigenvalue weighted by atomic mass is 79.9. The molecule has 0 bridgehead atoms. The van der Waals surface area contributed by atoms with Crippen LogP contribution in [0.1, 0.15) is 25.7 Å². The quantitative estimate of drug-likeness (QED) is 0.922. The first kappa shape index (κ1) is 13.5. The van der Waals surface area contributed by atoms with Gasteiger partial charge in [-0.2, -0.15) is 4.98 Å². The standard InChI is InChI=1S/C12H17BrN2O3/c1-17-11-10(13)6-14-12(15-11)18-9-4-2-8(7-16)3-5-9/h6,8-9,16H,2-5,7H2,1H3. The Kier molecular flexibility index (Phi) is 4.77. The highest BCUT2D eigenvalue weighted by Crippen LogP contribution is 2.28. The molecule has 1 fully saturated rings. The molecule has 2 rings (SSSR count). The van der Waals surface area contributed by atoms with E-state index >= 15 is 0 Å². The predicted octanol–water partition coefficient (Wildman–Crippen LogP) is 2.18. The van der Waals surface area contributed by atoms with Crippen LogP contribution in [-0.2, 0) is 0 Å². The zero-order valence-electron chi connectivity index (χ0n) is 10.3. The Hall–Kier alpha value is -0.880. The van der Waals surface area contributed by atoms with Gasteiger partial charge < -0.3 is 14.6 Å². The number of hydrogen-bond donors (Lipinski definition) is 1. The molecular weight excluding hydrogens is 300 g/mol. The van der Waals surface area contributed by atoms with E-state index in [1.54, 1.807) is 13.3 Å². The SMILES string of the molecule is COc1nc(OC2CCC(CO)CC2)ncc1Br. The van der Waals surface area contributed by atoms with Gasteiger partial charge in [0.15, 0.2) is 0 Å². The summed E-state index contributed by atoms with van der Waals surface area (Å²) in [6.45, 7) is 0.273. The number of halogens is 1. The van der Waals surface area contributed by atoms with Crippen LogP contribution in [0.5, 0.6) is 11.9 Å². The van der Waals surface area contributed by atoms with Gasteiger partial charge in [-0.25, -0.2) is 4.98 Å². The Labute approximate surface area is 115 Å². The van der Waals surface area contributed by atoms with Gasteiger partial charge in [0.05, 0.1) is 17.8 Å². The number of aliphatic hydroxyl groups is 1. The van der Waals surface area contributed by atoms with Gasteiger partial charge in [0.1, 0.15) is 6.10 Å². The van der Waals surface area contributed by atoms with Gasteiger partial charge in [0.2, 0.25) is 5.88 Å². The second kappa shape index (κ2) is 6.33. The van der Waals surface area contributed by atoms with Crippen molar-refractivity contribution in [1.82, 2.24) is 9.97 Å². The summed E-state index contributed by atoms with van der Waals surface area (Å²) >= 11 is 3.30. The van der Waals surface area contributed by atoms with Crippen molar-refractivity contribution >= 4 is 15.9 Å². The molecule has 1 aromatic rings. The van der Waals surface area contributed by atoms with Crippen molar-refractivity contribution in [2.45, 2.75) is 31.8 Å². The number of aliphatic hydroxyl groups excluding tert-OH is 1. The number of rotatable bonds is 4. The molecule has 6 heteroatoms. The molecule has 0 radical (unpaired) electrons. The molecule has 0 atom stereocenters. The third-order valence-electron chi connectivity index (χ3n) is 3.21. The van der Waals surface area contributed by atoms with Crippen molar-refractivity contribution in [2.24, 2.45) is 5.92 Å². The Morgan fingerprint density at radius 2 is 2.11 bits per heavy atom. The fourth-order valence-corrected chi connectivity index (χ4v) is 2.47. The average Bonchev–Trinajstić information content (AvgIpc) is 2.42. The summed E-state index contributed by atoms with van der Waals surface area (Å²) in [5.74, 6) is 0.897. The van der Waals surface area contributed by atoms with Crippen LogP contribution in [-0.4, -0.2) is 34.9 Å². The van der Waals surface area contributed by atoms with Crippen LogP contribution in [0, 0.1) is 5.92 Å². The zero-order chi connectivity index (χ0) is 13.0. The number of methoxy groups -OCH3 is 1. The van der Waals surface area contributed by atoms with Gasteiger partial charge in [-0.1, -0.05) is 0 Å². The van der Waals surface area contributed by atoms with Crippen molar-refractivity contribution in [3.05, 3.63) is 10.7 Å². The summed E-state index contributed by atoms with van der Waals surface area (Å²) < 4.78 is 11.5. The van der Waals surface area contributed by atoms with Crippen molar-refractivity contribution in [3.63, 3.8) is 0 Å². The first-order chi connectivity index (χ1) is 8.72. The lowest BCUT2D eigenvalue weighted by atomic mass is 9.88. The normalized spacial score (nSPS) is 23.7. The van der Waals surface area contributed by atoms with Crippen LogP contribution >= 0.6 is 15.9 Å². The van der Waals surface area contributed by atoms with E-state index in [2.05, 4.69) is 25.9 Å². The van der Waals surface area contributed by atoms with Gasteiger partial charge in [-0.05, 0) is 47.5 Å². The Morgan fingerprint density at radius 1 is 1.39 bits per heavy atom. The molecule has 1 aliphatic carbocycles. The van der Waals surface area contributed by atoms with Gasteiger partial charge in [0, 0.05) is 6.61 Å². The molecule has 1 saturated carbocycles. The van der Waals surface area contributed by atoms with Crippen molar-refractivity contribution in [1.29, 1.82) is 0 Å². The Bertz CT molecular complexity index is 395. The summed E-state index contributed by atoms with van der Waals surface area (Å²) in [5.41, 5.74) is 0. The van der Waals surface area contributed by atoms with Crippen molar-refractivity contribution in [2.75, 3.05) is 13.7 Å². The number of aromatic nitrogens is 2. The summed E-state index contributed by atoms with van der Waals surface area (Å²) in [4.78, 5) is 8.28. The lowest BCUT2D eigenvalue weighted by Crippen LogP contribution is -2.26. The third-order valence-corrected chi connectivity index (χ3v) is 3.75. The van der Waals surface area contributed by atoms with Crippen molar-refractivity contribution < 1.29 is 14.6 Å². The molecular formula is C12H17BrN2O3. The number of hydrogen-bond acceptors (Lipinski definition) is 5. The zero-order valence-corrected chi connectivity index (χ0v) is 11.9. The van der Waals surface area contributed by atoms with E-state index in [1.165, 1.54) is 0 Å². The summed E-state index contributed by atoms with van der Waals surface area (Å²) in [7, 11) is 1.56. The lowest BCUT2D eigenvalue weighted by Gasteiger charge is -2.27. The topological polar surface area (TPSA) is 64.5 Å². The molecule has 0 spiro atoms. The molecule has 5 nitrogen and oxygen atoms in total. The minimum Gasteiger partial charge on any atom is -0.480 e. The van der Waals surface area contributed by atoms with Crippen LogP contribution in [0.2, 0.25) is 0 Å². The molecule has 1 heterocycles. The predicted molar refractivity (Wildman–Crippen MR) is 69.7 cm³/mol.